The molecule has 0 bridgehead atoms. The summed E-state index contributed by atoms with van der Waals surface area (Å²) < 4.78 is 17.4. The fourth-order valence-corrected chi connectivity index (χ4v) is 1.44. The van der Waals surface area contributed by atoms with Crippen LogP contribution in [-0.4, -0.2) is 29.4 Å². The number of carbonyl (C=O) groups is 1. The van der Waals surface area contributed by atoms with Gasteiger partial charge in [0.2, 0.25) is 0 Å². The van der Waals surface area contributed by atoms with E-state index in [2.05, 4.69) is 4.74 Å². The maximum Gasteiger partial charge on any atom is 0.308 e. The number of hydrogen-bond donors (Lipinski definition) is 2. The second-order valence-electron chi connectivity index (χ2n) is 3.80. The van der Waals surface area contributed by atoms with Crippen LogP contribution in [0.4, 0.5) is 4.39 Å². The first-order valence-electron chi connectivity index (χ1n) is 5.14. The lowest BCUT2D eigenvalue weighted by Gasteiger charge is -2.17. The third kappa shape index (κ3) is 3.51. The number of aliphatic hydroxyl groups is 2. The molecule has 1 aromatic carbocycles. The van der Waals surface area contributed by atoms with Crippen LogP contribution in [0.25, 0.3) is 0 Å². The molecule has 0 heterocycles. The molecule has 1 aromatic rings. The molecule has 0 fully saturated rings. The first-order chi connectivity index (χ1) is 7.95. The van der Waals surface area contributed by atoms with Gasteiger partial charge in [0.1, 0.15) is 11.9 Å². The fourth-order valence-electron chi connectivity index (χ4n) is 1.44. The quantitative estimate of drug-likeness (QED) is 0.776. The first kappa shape index (κ1) is 13.6. The largest absolute Gasteiger partial charge is 0.469 e. The van der Waals surface area contributed by atoms with Crippen molar-refractivity contribution in [3.63, 3.8) is 0 Å². The van der Waals surface area contributed by atoms with Crippen molar-refractivity contribution in [3.05, 3.63) is 35.1 Å². The predicted molar refractivity (Wildman–Crippen MR) is 58.7 cm³/mol. The molecule has 0 radical (unpaired) electrons. The Kier molecular flexibility index (Phi) is 4.60. The number of esters is 1. The van der Waals surface area contributed by atoms with Crippen molar-refractivity contribution in [3.8, 4) is 0 Å². The van der Waals surface area contributed by atoms with Gasteiger partial charge in [-0.3, -0.25) is 4.79 Å². The normalized spacial score (nSPS) is 14.2. The van der Waals surface area contributed by atoms with E-state index in [0.717, 1.165) is 0 Å². The number of halogens is 1. The van der Waals surface area contributed by atoms with Crippen molar-refractivity contribution >= 4 is 5.97 Å². The molecule has 2 atom stereocenters. The van der Waals surface area contributed by atoms with Gasteiger partial charge in [0, 0.05) is 0 Å². The summed E-state index contributed by atoms with van der Waals surface area (Å²) in [4.78, 5) is 10.9. The van der Waals surface area contributed by atoms with Gasteiger partial charge in [0.25, 0.3) is 0 Å². The van der Waals surface area contributed by atoms with Crippen LogP contribution in [0, 0.1) is 12.7 Å². The Morgan fingerprint density at radius 1 is 1.47 bits per heavy atom. The molecular weight excluding hydrogens is 227 g/mol. The summed E-state index contributed by atoms with van der Waals surface area (Å²) in [6.45, 7) is 1.55. The average Bonchev–Trinajstić information content (AvgIpc) is 2.31. The van der Waals surface area contributed by atoms with E-state index in [9.17, 15) is 19.4 Å². The standard InChI is InChI=1S/C12H15FO4/c1-7-5-8(3-4-9(7)13)12(16)10(14)6-11(15)17-2/h3-5,10,12,14,16H,6H2,1-2H3. The monoisotopic (exact) mass is 242 g/mol. The van der Waals surface area contributed by atoms with Crippen LogP contribution < -0.4 is 0 Å². The molecular formula is C12H15FO4. The molecule has 0 aliphatic heterocycles. The molecule has 0 spiro atoms. The first-order valence-corrected chi connectivity index (χ1v) is 5.14. The molecule has 17 heavy (non-hydrogen) atoms. The zero-order valence-electron chi connectivity index (χ0n) is 9.68. The number of carbonyl (C=O) groups excluding carboxylic acids is 1. The van der Waals surface area contributed by atoms with E-state index in [4.69, 9.17) is 0 Å². The second-order valence-corrected chi connectivity index (χ2v) is 3.80. The molecule has 1 rings (SSSR count). The average molecular weight is 242 g/mol. The van der Waals surface area contributed by atoms with Crippen molar-refractivity contribution in [2.24, 2.45) is 0 Å². The van der Waals surface area contributed by atoms with Gasteiger partial charge in [-0.15, -0.1) is 0 Å². The van der Waals surface area contributed by atoms with Crippen molar-refractivity contribution in [2.45, 2.75) is 25.6 Å². The Balaban J connectivity index is 2.77. The maximum absolute atomic E-state index is 13.0. The summed E-state index contributed by atoms with van der Waals surface area (Å²) in [5.41, 5.74) is 0.729. The predicted octanol–water partition coefficient (Wildman–Crippen LogP) is 1.09. The number of methoxy groups -OCH3 is 1. The van der Waals surface area contributed by atoms with E-state index in [1.165, 1.54) is 25.3 Å². The molecule has 0 saturated carbocycles. The van der Waals surface area contributed by atoms with Gasteiger partial charge in [0.05, 0.1) is 19.6 Å². The molecule has 2 unspecified atom stereocenters. The minimum atomic E-state index is -1.27. The summed E-state index contributed by atoms with van der Waals surface area (Å²) in [7, 11) is 1.20. The van der Waals surface area contributed by atoms with E-state index >= 15 is 0 Å². The van der Waals surface area contributed by atoms with Gasteiger partial charge in [-0.1, -0.05) is 12.1 Å². The van der Waals surface area contributed by atoms with Crippen LogP contribution >= 0.6 is 0 Å². The molecule has 0 saturated heterocycles. The smallest absolute Gasteiger partial charge is 0.308 e. The molecule has 94 valence electrons. The molecule has 0 aromatic heterocycles. The highest BCUT2D eigenvalue weighted by Crippen LogP contribution is 2.21. The Labute approximate surface area is 98.7 Å². The number of benzene rings is 1. The molecule has 0 aliphatic rings. The summed E-state index contributed by atoms with van der Waals surface area (Å²) in [5, 5.41) is 19.4. The maximum atomic E-state index is 13.0. The van der Waals surface area contributed by atoms with Gasteiger partial charge in [0.15, 0.2) is 0 Å². The van der Waals surface area contributed by atoms with Crippen LogP contribution in [0.15, 0.2) is 18.2 Å². The number of aliphatic hydroxyl groups excluding tert-OH is 2. The minimum absolute atomic E-state index is 0.311. The van der Waals surface area contributed by atoms with Gasteiger partial charge in [-0.2, -0.15) is 0 Å². The Hall–Kier alpha value is -1.46. The van der Waals surface area contributed by atoms with Gasteiger partial charge < -0.3 is 14.9 Å². The third-order valence-corrected chi connectivity index (χ3v) is 2.49. The lowest BCUT2D eigenvalue weighted by Crippen LogP contribution is -2.22. The van der Waals surface area contributed by atoms with E-state index in [0.29, 0.717) is 11.1 Å². The van der Waals surface area contributed by atoms with Gasteiger partial charge in [-0.05, 0) is 24.1 Å². The summed E-state index contributed by atoms with van der Waals surface area (Å²) in [6.07, 6.45) is -2.82. The highest BCUT2D eigenvalue weighted by molar-refractivity contribution is 5.69. The van der Waals surface area contributed by atoms with E-state index in [-0.39, 0.29) is 12.2 Å². The molecule has 4 nitrogen and oxygen atoms in total. The summed E-state index contributed by atoms with van der Waals surface area (Å²) >= 11 is 0. The van der Waals surface area contributed by atoms with Crippen LogP contribution in [-0.2, 0) is 9.53 Å². The van der Waals surface area contributed by atoms with Crippen LogP contribution in [0.5, 0.6) is 0 Å². The van der Waals surface area contributed by atoms with Crippen molar-refractivity contribution in [1.82, 2.24) is 0 Å². The zero-order valence-corrected chi connectivity index (χ0v) is 9.68. The Morgan fingerprint density at radius 2 is 2.12 bits per heavy atom. The van der Waals surface area contributed by atoms with Gasteiger partial charge >= 0.3 is 5.97 Å². The zero-order chi connectivity index (χ0) is 13.0. The molecule has 5 heteroatoms. The van der Waals surface area contributed by atoms with Crippen LogP contribution in [0.1, 0.15) is 23.7 Å². The third-order valence-electron chi connectivity index (χ3n) is 2.49. The molecule has 2 N–H and O–H groups in total. The fraction of sp³-hybridized carbons (Fsp3) is 0.417. The summed E-state index contributed by atoms with van der Waals surface area (Å²) in [5.74, 6) is -1.00. The topological polar surface area (TPSA) is 66.8 Å². The number of ether oxygens (including phenoxy) is 1. The van der Waals surface area contributed by atoms with Crippen molar-refractivity contribution in [1.29, 1.82) is 0 Å². The van der Waals surface area contributed by atoms with Crippen LogP contribution in [0.2, 0.25) is 0 Å². The lowest BCUT2D eigenvalue weighted by molar-refractivity contribution is -0.144. The number of aryl methyl sites for hydroxylation is 1. The van der Waals surface area contributed by atoms with Crippen molar-refractivity contribution in [2.75, 3.05) is 7.11 Å². The molecule has 0 amide bonds. The van der Waals surface area contributed by atoms with E-state index < -0.39 is 18.2 Å². The highest BCUT2D eigenvalue weighted by Gasteiger charge is 2.22. The van der Waals surface area contributed by atoms with Crippen molar-refractivity contribution < 1.29 is 24.1 Å². The number of rotatable bonds is 4. The van der Waals surface area contributed by atoms with Crippen LogP contribution in [0.3, 0.4) is 0 Å². The lowest BCUT2D eigenvalue weighted by atomic mass is 10.0. The minimum Gasteiger partial charge on any atom is -0.469 e. The van der Waals surface area contributed by atoms with E-state index in [1.54, 1.807) is 6.92 Å². The highest BCUT2D eigenvalue weighted by atomic mass is 19.1. The Bertz CT molecular complexity index is 405. The Morgan fingerprint density at radius 3 is 2.65 bits per heavy atom. The number of hydrogen-bond acceptors (Lipinski definition) is 4. The van der Waals surface area contributed by atoms with E-state index in [1.807, 2.05) is 0 Å². The van der Waals surface area contributed by atoms with Gasteiger partial charge in [-0.25, -0.2) is 4.39 Å². The summed E-state index contributed by atoms with van der Waals surface area (Å²) in [6, 6.07) is 4.01. The SMILES string of the molecule is COC(=O)CC(O)C(O)c1ccc(F)c(C)c1. The second kappa shape index (κ2) is 5.75. The molecule has 0 aliphatic carbocycles.